The van der Waals surface area contributed by atoms with Gasteiger partial charge < -0.3 is 11.1 Å². The Bertz CT molecular complexity index is 682. The maximum Gasteiger partial charge on any atom is 0.242 e. The fourth-order valence-electron chi connectivity index (χ4n) is 2.46. The highest BCUT2D eigenvalue weighted by Gasteiger charge is 2.15. The van der Waals surface area contributed by atoms with Crippen LogP contribution in [0.5, 0.6) is 0 Å². The number of hydrogen-bond donors (Lipinski definition) is 2. The third kappa shape index (κ3) is 5.26. The number of hydrogen-bond acceptors (Lipinski definition) is 4. The highest BCUT2D eigenvalue weighted by Crippen LogP contribution is 2.18. The Morgan fingerprint density at radius 3 is 2.46 bits per heavy atom. The summed E-state index contributed by atoms with van der Waals surface area (Å²) >= 11 is 1.68. The number of halogens is 1. The van der Waals surface area contributed by atoms with Gasteiger partial charge in [0.2, 0.25) is 5.91 Å². The standard InChI is InChI=1S/C17H24N4OS.ClH/c1-11-7-12(2)9-14(8-11)21-13(3)10-16(20-21)19-17(22)15(18)5-6-23-4;/h7-10,15H,5-6,18H2,1-4H3,(H,19,20,22);1H. The molecule has 0 saturated carbocycles. The van der Waals surface area contributed by atoms with Gasteiger partial charge in [0.05, 0.1) is 11.7 Å². The van der Waals surface area contributed by atoms with Crippen molar-refractivity contribution in [3.8, 4) is 5.69 Å². The zero-order valence-electron chi connectivity index (χ0n) is 14.5. The Hall–Kier alpha value is -1.50. The molecule has 132 valence electrons. The molecule has 1 atom stereocenters. The van der Waals surface area contributed by atoms with E-state index in [0.29, 0.717) is 12.2 Å². The van der Waals surface area contributed by atoms with Crippen LogP contribution in [0.25, 0.3) is 5.69 Å². The molecular formula is C17H25ClN4OS. The number of amides is 1. The molecule has 1 heterocycles. The van der Waals surface area contributed by atoms with Crippen molar-refractivity contribution in [3.05, 3.63) is 41.1 Å². The van der Waals surface area contributed by atoms with E-state index in [1.807, 2.05) is 23.9 Å². The van der Waals surface area contributed by atoms with Crippen molar-refractivity contribution in [1.29, 1.82) is 0 Å². The molecule has 1 amide bonds. The molecule has 0 aliphatic heterocycles. The van der Waals surface area contributed by atoms with Gasteiger partial charge in [0, 0.05) is 11.8 Å². The molecular weight excluding hydrogens is 344 g/mol. The van der Waals surface area contributed by atoms with Crippen LogP contribution in [-0.2, 0) is 4.79 Å². The summed E-state index contributed by atoms with van der Waals surface area (Å²) in [6, 6.07) is 7.62. The van der Waals surface area contributed by atoms with E-state index in [-0.39, 0.29) is 18.3 Å². The lowest BCUT2D eigenvalue weighted by atomic mass is 10.1. The number of aromatic nitrogens is 2. The lowest BCUT2D eigenvalue weighted by Crippen LogP contribution is -2.36. The van der Waals surface area contributed by atoms with Gasteiger partial charge in [-0.05, 0) is 62.5 Å². The smallest absolute Gasteiger partial charge is 0.242 e. The summed E-state index contributed by atoms with van der Waals surface area (Å²) in [5.41, 5.74) is 10.2. The average molecular weight is 369 g/mol. The first-order valence-corrected chi connectivity index (χ1v) is 9.01. The summed E-state index contributed by atoms with van der Waals surface area (Å²) < 4.78 is 1.84. The quantitative estimate of drug-likeness (QED) is 0.820. The normalized spacial score (nSPS) is 11.7. The van der Waals surface area contributed by atoms with Gasteiger partial charge in [0.1, 0.15) is 0 Å². The zero-order chi connectivity index (χ0) is 17.0. The van der Waals surface area contributed by atoms with Gasteiger partial charge in [-0.25, -0.2) is 4.68 Å². The van der Waals surface area contributed by atoms with Crippen LogP contribution in [0.1, 0.15) is 23.2 Å². The summed E-state index contributed by atoms with van der Waals surface area (Å²) in [7, 11) is 0. The molecule has 2 rings (SSSR count). The molecule has 0 saturated heterocycles. The predicted molar refractivity (Wildman–Crippen MR) is 105 cm³/mol. The van der Waals surface area contributed by atoms with Crippen LogP contribution in [0.4, 0.5) is 5.82 Å². The number of carbonyl (C=O) groups is 1. The second-order valence-electron chi connectivity index (χ2n) is 5.81. The van der Waals surface area contributed by atoms with Crippen LogP contribution in [0, 0.1) is 20.8 Å². The Balaban J connectivity index is 0.00000288. The molecule has 0 fully saturated rings. The van der Waals surface area contributed by atoms with Gasteiger partial charge in [-0.1, -0.05) is 6.07 Å². The zero-order valence-corrected chi connectivity index (χ0v) is 16.1. The maximum absolute atomic E-state index is 12.1. The Labute approximate surface area is 153 Å². The molecule has 0 spiro atoms. The van der Waals surface area contributed by atoms with E-state index in [1.165, 1.54) is 11.1 Å². The molecule has 1 aromatic carbocycles. The molecule has 5 nitrogen and oxygen atoms in total. The number of nitrogens with two attached hydrogens (primary N) is 1. The van der Waals surface area contributed by atoms with E-state index in [2.05, 4.69) is 42.5 Å². The molecule has 7 heteroatoms. The molecule has 1 unspecified atom stereocenters. The molecule has 3 N–H and O–H groups in total. The van der Waals surface area contributed by atoms with E-state index in [4.69, 9.17) is 5.73 Å². The summed E-state index contributed by atoms with van der Waals surface area (Å²) in [6.45, 7) is 6.08. The van der Waals surface area contributed by atoms with Crippen LogP contribution in [0.2, 0.25) is 0 Å². The third-order valence-corrected chi connectivity index (χ3v) is 4.20. The minimum atomic E-state index is -0.505. The molecule has 2 aromatic rings. The van der Waals surface area contributed by atoms with E-state index < -0.39 is 6.04 Å². The number of anilines is 1. The second kappa shape index (κ2) is 9.11. The number of thioether (sulfide) groups is 1. The molecule has 0 radical (unpaired) electrons. The number of carbonyl (C=O) groups excluding carboxylic acids is 1. The van der Waals surface area contributed by atoms with Gasteiger partial charge in [0.15, 0.2) is 5.82 Å². The van der Waals surface area contributed by atoms with Gasteiger partial charge in [-0.15, -0.1) is 17.5 Å². The lowest BCUT2D eigenvalue weighted by Gasteiger charge is -2.10. The number of nitrogens with one attached hydrogen (secondary N) is 1. The molecule has 0 bridgehead atoms. The van der Waals surface area contributed by atoms with Crippen molar-refractivity contribution >= 4 is 35.9 Å². The molecule has 0 aliphatic rings. The first kappa shape index (κ1) is 20.5. The van der Waals surface area contributed by atoms with Crippen molar-refractivity contribution in [3.63, 3.8) is 0 Å². The molecule has 1 aromatic heterocycles. The Morgan fingerprint density at radius 1 is 1.25 bits per heavy atom. The highest BCUT2D eigenvalue weighted by atomic mass is 35.5. The topological polar surface area (TPSA) is 72.9 Å². The lowest BCUT2D eigenvalue weighted by molar-refractivity contribution is -0.117. The molecule has 0 aliphatic carbocycles. The highest BCUT2D eigenvalue weighted by molar-refractivity contribution is 7.98. The number of nitrogens with zero attached hydrogens (tertiary/aromatic N) is 2. The van der Waals surface area contributed by atoms with Crippen LogP contribution in [-0.4, -0.2) is 33.7 Å². The summed E-state index contributed by atoms with van der Waals surface area (Å²) in [5.74, 6) is 1.21. The minimum Gasteiger partial charge on any atom is -0.320 e. The first-order valence-electron chi connectivity index (χ1n) is 7.61. The number of benzene rings is 1. The largest absolute Gasteiger partial charge is 0.320 e. The van der Waals surface area contributed by atoms with Crippen LogP contribution >= 0.6 is 24.2 Å². The van der Waals surface area contributed by atoms with Crippen LogP contribution < -0.4 is 11.1 Å². The van der Waals surface area contributed by atoms with Crippen molar-refractivity contribution in [2.45, 2.75) is 33.2 Å². The van der Waals surface area contributed by atoms with Crippen molar-refractivity contribution in [1.82, 2.24) is 9.78 Å². The van der Waals surface area contributed by atoms with Crippen molar-refractivity contribution < 1.29 is 4.79 Å². The summed E-state index contributed by atoms with van der Waals surface area (Å²) in [4.78, 5) is 12.1. The summed E-state index contributed by atoms with van der Waals surface area (Å²) in [5, 5.41) is 7.29. The Kier molecular flexibility index (Phi) is 7.79. The van der Waals surface area contributed by atoms with E-state index in [9.17, 15) is 4.79 Å². The van der Waals surface area contributed by atoms with Gasteiger partial charge in [-0.3, -0.25) is 4.79 Å². The van der Waals surface area contributed by atoms with Gasteiger partial charge >= 0.3 is 0 Å². The van der Waals surface area contributed by atoms with E-state index >= 15 is 0 Å². The first-order chi connectivity index (χ1) is 10.9. The van der Waals surface area contributed by atoms with Crippen LogP contribution in [0.3, 0.4) is 0 Å². The number of aryl methyl sites for hydroxylation is 3. The number of rotatable bonds is 6. The molecule has 24 heavy (non-hydrogen) atoms. The van der Waals surface area contributed by atoms with E-state index in [0.717, 1.165) is 17.1 Å². The SMILES string of the molecule is CSCCC(N)C(=O)Nc1cc(C)n(-c2cc(C)cc(C)c2)n1.Cl. The monoisotopic (exact) mass is 368 g/mol. The second-order valence-corrected chi connectivity index (χ2v) is 6.79. The van der Waals surface area contributed by atoms with Gasteiger partial charge in [-0.2, -0.15) is 11.8 Å². The minimum absolute atomic E-state index is 0. The maximum atomic E-state index is 12.1. The van der Waals surface area contributed by atoms with Gasteiger partial charge in [0.25, 0.3) is 0 Å². The summed E-state index contributed by atoms with van der Waals surface area (Å²) in [6.07, 6.45) is 2.66. The van der Waals surface area contributed by atoms with Crippen molar-refractivity contribution in [2.24, 2.45) is 5.73 Å². The van der Waals surface area contributed by atoms with Crippen molar-refractivity contribution in [2.75, 3.05) is 17.3 Å². The predicted octanol–water partition coefficient (Wildman–Crippen LogP) is 3.24. The third-order valence-electron chi connectivity index (χ3n) is 3.56. The Morgan fingerprint density at radius 2 is 1.88 bits per heavy atom. The van der Waals surface area contributed by atoms with E-state index in [1.54, 1.807) is 11.8 Å². The average Bonchev–Trinajstić information content (AvgIpc) is 2.84. The fourth-order valence-corrected chi connectivity index (χ4v) is 2.95. The van der Waals surface area contributed by atoms with Crippen LogP contribution in [0.15, 0.2) is 24.3 Å². The fraction of sp³-hybridized carbons (Fsp3) is 0.412.